The maximum absolute atomic E-state index is 12.2. The fourth-order valence-corrected chi connectivity index (χ4v) is 3.68. The number of anilines is 1. The summed E-state index contributed by atoms with van der Waals surface area (Å²) >= 11 is 2.79. The fraction of sp³-hybridized carbons (Fsp3) is 0.0625. The summed E-state index contributed by atoms with van der Waals surface area (Å²) in [6.45, 7) is 0. The lowest BCUT2D eigenvalue weighted by Gasteiger charge is -1.96. The Labute approximate surface area is 155 Å². The standard InChI is InChI=1S/C16H11N5O3S2/c22-14(11-8-13(24-21-11)12-5-3-7-23-12)18-15-19-20-16(26-15)25-9-10-4-1-2-6-17-10/h1-8H,9H2,(H,18,19,22). The quantitative estimate of drug-likeness (QED) is 0.395. The number of carbonyl (C=O) groups is 1. The average Bonchev–Trinajstić information content (AvgIpc) is 3.41. The highest BCUT2D eigenvalue weighted by atomic mass is 32.2. The summed E-state index contributed by atoms with van der Waals surface area (Å²) in [6, 6.07) is 10.7. The van der Waals surface area contributed by atoms with Crippen molar-refractivity contribution in [3.63, 3.8) is 0 Å². The topological polar surface area (TPSA) is 107 Å². The van der Waals surface area contributed by atoms with Crippen LogP contribution in [0.25, 0.3) is 11.5 Å². The van der Waals surface area contributed by atoms with Crippen molar-refractivity contribution in [2.45, 2.75) is 10.1 Å². The van der Waals surface area contributed by atoms with Gasteiger partial charge in [0.2, 0.25) is 10.9 Å². The minimum atomic E-state index is -0.427. The van der Waals surface area contributed by atoms with E-state index in [4.69, 9.17) is 8.94 Å². The molecule has 10 heteroatoms. The van der Waals surface area contributed by atoms with Gasteiger partial charge in [-0.2, -0.15) is 0 Å². The largest absolute Gasteiger partial charge is 0.461 e. The Morgan fingerprint density at radius 1 is 1.19 bits per heavy atom. The molecule has 0 bridgehead atoms. The molecule has 0 atom stereocenters. The van der Waals surface area contributed by atoms with Crippen LogP contribution < -0.4 is 5.32 Å². The maximum Gasteiger partial charge on any atom is 0.279 e. The van der Waals surface area contributed by atoms with Gasteiger partial charge in [0.1, 0.15) is 0 Å². The molecule has 4 aromatic rings. The molecule has 0 aliphatic heterocycles. The van der Waals surface area contributed by atoms with Crippen molar-refractivity contribution in [3.05, 3.63) is 60.2 Å². The number of nitrogens with one attached hydrogen (secondary N) is 1. The van der Waals surface area contributed by atoms with Crippen molar-refractivity contribution < 1.29 is 13.7 Å². The first-order valence-corrected chi connectivity index (χ1v) is 9.26. The Morgan fingerprint density at radius 2 is 2.15 bits per heavy atom. The number of hydrogen-bond acceptors (Lipinski definition) is 9. The number of carbonyl (C=O) groups excluding carboxylic acids is 1. The lowest BCUT2D eigenvalue weighted by Crippen LogP contribution is -2.11. The van der Waals surface area contributed by atoms with Crippen molar-refractivity contribution in [1.29, 1.82) is 0 Å². The molecule has 0 saturated carbocycles. The van der Waals surface area contributed by atoms with E-state index >= 15 is 0 Å². The summed E-state index contributed by atoms with van der Waals surface area (Å²) in [6.07, 6.45) is 3.26. The molecule has 4 aromatic heterocycles. The van der Waals surface area contributed by atoms with Crippen molar-refractivity contribution in [2.24, 2.45) is 0 Å². The zero-order chi connectivity index (χ0) is 17.8. The molecule has 26 heavy (non-hydrogen) atoms. The van der Waals surface area contributed by atoms with E-state index in [-0.39, 0.29) is 5.69 Å². The van der Waals surface area contributed by atoms with Crippen molar-refractivity contribution in [2.75, 3.05) is 5.32 Å². The van der Waals surface area contributed by atoms with Crippen LogP contribution in [0.3, 0.4) is 0 Å². The molecule has 4 heterocycles. The molecule has 0 fully saturated rings. The Balaban J connectivity index is 1.37. The Morgan fingerprint density at radius 3 is 2.96 bits per heavy atom. The van der Waals surface area contributed by atoms with Gasteiger partial charge >= 0.3 is 0 Å². The van der Waals surface area contributed by atoms with Crippen molar-refractivity contribution >= 4 is 34.1 Å². The molecule has 1 amide bonds. The van der Waals surface area contributed by atoms with Gasteiger partial charge in [-0.3, -0.25) is 15.1 Å². The van der Waals surface area contributed by atoms with Gasteiger partial charge in [-0.15, -0.1) is 10.2 Å². The molecule has 0 unspecified atom stereocenters. The zero-order valence-electron chi connectivity index (χ0n) is 13.2. The number of thioether (sulfide) groups is 1. The first kappa shape index (κ1) is 16.5. The normalized spacial score (nSPS) is 10.8. The highest BCUT2D eigenvalue weighted by Crippen LogP contribution is 2.28. The van der Waals surface area contributed by atoms with Crippen LogP contribution in [0.15, 0.2) is 62.1 Å². The van der Waals surface area contributed by atoms with Gasteiger partial charge < -0.3 is 8.94 Å². The molecule has 0 aliphatic rings. The molecule has 0 aliphatic carbocycles. The van der Waals surface area contributed by atoms with Crippen LogP contribution in [0.4, 0.5) is 5.13 Å². The zero-order valence-corrected chi connectivity index (χ0v) is 14.8. The van der Waals surface area contributed by atoms with Gasteiger partial charge in [0.25, 0.3) is 5.91 Å². The maximum atomic E-state index is 12.2. The van der Waals surface area contributed by atoms with Gasteiger partial charge in [0, 0.05) is 18.0 Å². The molecule has 130 valence electrons. The summed E-state index contributed by atoms with van der Waals surface area (Å²) in [7, 11) is 0. The number of aromatic nitrogens is 4. The minimum absolute atomic E-state index is 0.134. The SMILES string of the molecule is O=C(Nc1nnc(SCc2ccccn2)s1)c1cc(-c2ccco2)on1. The molecule has 8 nitrogen and oxygen atoms in total. The highest BCUT2D eigenvalue weighted by molar-refractivity contribution is 8.00. The predicted octanol–water partition coefficient (Wildman–Crippen LogP) is 3.73. The first-order valence-electron chi connectivity index (χ1n) is 7.46. The Hall–Kier alpha value is -2.98. The van der Waals surface area contributed by atoms with Crippen LogP contribution >= 0.6 is 23.1 Å². The second kappa shape index (κ2) is 7.50. The van der Waals surface area contributed by atoms with Gasteiger partial charge in [-0.05, 0) is 24.3 Å². The molecular weight excluding hydrogens is 374 g/mol. The lowest BCUT2D eigenvalue weighted by molar-refractivity contribution is 0.101. The molecular formula is C16H11N5O3S2. The van der Waals surface area contributed by atoms with Crippen LogP contribution in [0, 0.1) is 0 Å². The molecule has 0 spiro atoms. The molecule has 0 saturated heterocycles. The Kier molecular flexibility index (Phi) is 4.75. The molecule has 0 radical (unpaired) electrons. The van der Waals surface area contributed by atoms with E-state index in [1.165, 1.54) is 35.4 Å². The first-order chi connectivity index (χ1) is 12.8. The lowest BCUT2D eigenvalue weighted by atomic mass is 10.3. The Bertz CT molecular complexity index is 998. The number of hydrogen-bond donors (Lipinski definition) is 1. The van der Waals surface area contributed by atoms with Gasteiger partial charge in [-0.1, -0.05) is 34.3 Å². The second-order valence-corrected chi connectivity index (χ2v) is 7.19. The minimum Gasteiger partial charge on any atom is -0.461 e. The highest BCUT2D eigenvalue weighted by Gasteiger charge is 2.17. The van der Waals surface area contributed by atoms with Crippen molar-refractivity contribution in [1.82, 2.24) is 20.3 Å². The molecule has 4 rings (SSSR count). The van der Waals surface area contributed by atoms with Gasteiger partial charge in [-0.25, -0.2) is 0 Å². The third-order valence-corrected chi connectivity index (χ3v) is 5.21. The number of nitrogens with zero attached hydrogens (tertiary/aromatic N) is 4. The smallest absolute Gasteiger partial charge is 0.279 e. The number of pyridine rings is 1. The summed E-state index contributed by atoms with van der Waals surface area (Å²) in [4.78, 5) is 16.5. The molecule has 1 N–H and O–H groups in total. The second-order valence-electron chi connectivity index (χ2n) is 4.99. The fourth-order valence-electron chi connectivity index (χ4n) is 2.02. The van der Waals surface area contributed by atoms with Gasteiger partial charge in [0.05, 0.1) is 12.0 Å². The predicted molar refractivity (Wildman–Crippen MR) is 95.9 cm³/mol. The third kappa shape index (κ3) is 3.81. The van der Waals surface area contributed by atoms with E-state index in [9.17, 15) is 4.79 Å². The van der Waals surface area contributed by atoms with Crippen LogP contribution in [-0.4, -0.2) is 26.2 Å². The van der Waals surface area contributed by atoms with E-state index in [1.807, 2.05) is 18.2 Å². The van der Waals surface area contributed by atoms with Crippen LogP contribution in [0.5, 0.6) is 0 Å². The van der Waals surface area contributed by atoms with E-state index in [0.717, 1.165) is 10.0 Å². The van der Waals surface area contributed by atoms with Crippen LogP contribution in [0.2, 0.25) is 0 Å². The third-order valence-electron chi connectivity index (χ3n) is 3.20. The number of rotatable bonds is 6. The van der Waals surface area contributed by atoms with Crippen LogP contribution in [-0.2, 0) is 5.75 Å². The van der Waals surface area contributed by atoms with Gasteiger partial charge in [0.15, 0.2) is 15.8 Å². The molecule has 0 aromatic carbocycles. The monoisotopic (exact) mass is 385 g/mol. The van der Waals surface area contributed by atoms with E-state index in [1.54, 1.807) is 18.3 Å². The average molecular weight is 385 g/mol. The number of amides is 1. The van der Waals surface area contributed by atoms with E-state index in [2.05, 4.69) is 25.7 Å². The van der Waals surface area contributed by atoms with Crippen molar-refractivity contribution in [3.8, 4) is 11.5 Å². The number of furan rings is 1. The summed E-state index contributed by atoms with van der Waals surface area (Å²) < 4.78 is 11.1. The van der Waals surface area contributed by atoms with E-state index in [0.29, 0.717) is 22.4 Å². The van der Waals surface area contributed by atoms with Crippen LogP contribution in [0.1, 0.15) is 16.2 Å². The summed E-state index contributed by atoms with van der Waals surface area (Å²) in [5.74, 6) is 1.13. The summed E-state index contributed by atoms with van der Waals surface area (Å²) in [5.41, 5.74) is 1.08. The summed E-state index contributed by atoms with van der Waals surface area (Å²) in [5, 5.41) is 14.8. The van der Waals surface area contributed by atoms with E-state index < -0.39 is 5.91 Å².